The highest BCUT2D eigenvalue weighted by Crippen LogP contribution is 2.27. The average molecular weight is 359 g/mol. The summed E-state index contributed by atoms with van der Waals surface area (Å²) in [6.07, 6.45) is 5.20. The van der Waals surface area contributed by atoms with Gasteiger partial charge in [-0.3, -0.25) is 4.79 Å². The van der Waals surface area contributed by atoms with E-state index in [0.29, 0.717) is 24.2 Å². The minimum atomic E-state index is 0.224. The minimum absolute atomic E-state index is 0.224. The maximum Gasteiger partial charge on any atom is 0.222 e. The van der Waals surface area contributed by atoms with Gasteiger partial charge in [-0.15, -0.1) is 0 Å². The van der Waals surface area contributed by atoms with Crippen LogP contribution in [-0.4, -0.2) is 43.1 Å². The molecule has 0 saturated carbocycles. The van der Waals surface area contributed by atoms with Gasteiger partial charge in [0.25, 0.3) is 0 Å². The lowest BCUT2D eigenvalue weighted by Gasteiger charge is -2.34. The normalized spacial score (nSPS) is 20.8. The van der Waals surface area contributed by atoms with E-state index in [9.17, 15) is 4.79 Å². The summed E-state index contributed by atoms with van der Waals surface area (Å²) in [6, 6.07) is 6.35. The third-order valence-electron chi connectivity index (χ3n) is 6.12. The first kappa shape index (κ1) is 19.2. The molecule has 4 heteroatoms. The topological polar surface area (TPSA) is 41.6 Å². The van der Waals surface area contributed by atoms with Crippen molar-refractivity contribution in [1.82, 2.24) is 10.2 Å². The second-order valence-electron chi connectivity index (χ2n) is 8.24. The summed E-state index contributed by atoms with van der Waals surface area (Å²) in [7, 11) is 0. The predicted molar refractivity (Wildman–Crippen MR) is 106 cm³/mol. The molecule has 0 bridgehead atoms. The number of nitrogens with zero attached hydrogens (tertiary/aromatic N) is 1. The number of benzene rings is 1. The minimum Gasteiger partial charge on any atom is -0.490 e. The molecule has 1 aromatic rings. The molecule has 0 radical (unpaired) electrons. The number of aryl methyl sites for hydroxylation is 2. The number of amides is 1. The molecule has 2 saturated heterocycles. The van der Waals surface area contributed by atoms with Crippen LogP contribution in [-0.2, 0) is 4.79 Å². The molecule has 0 aliphatic carbocycles. The second kappa shape index (κ2) is 8.90. The van der Waals surface area contributed by atoms with Gasteiger partial charge in [-0.2, -0.15) is 0 Å². The number of carbonyl (C=O) groups is 1. The van der Waals surface area contributed by atoms with Gasteiger partial charge in [-0.05, 0) is 68.8 Å². The van der Waals surface area contributed by atoms with Gasteiger partial charge in [0.2, 0.25) is 5.91 Å². The molecule has 2 aliphatic heterocycles. The van der Waals surface area contributed by atoms with E-state index >= 15 is 0 Å². The zero-order valence-electron chi connectivity index (χ0n) is 16.6. The van der Waals surface area contributed by atoms with Gasteiger partial charge in [-0.1, -0.05) is 19.1 Å². The largest absolute Gasteiger partial charge is 0.490 e. The number of hydrogen-bond donors (Lipinski definition) is 1. The first-order chi connectivity index (χ1) is 12.5. The van der Waals surface area contributed by atoms with Gasteiger partial charge < -0.3 is 15.0 Å². The van der Waals surface area contributed by atoms with Crippen LogP contribution in [0.4, 0.5) is 0 Å². The molecule has 2 fully saturated rings. The van der Waals surface area contributed by atoms with Crippen molar-refractivity contribution >= 4 is 5.91 Å². The lowest BCUT2D eigenvalue weighted by atomic mass is 9.84. The molecule has 4 nitrogen and oxygen atoms in total. The van der Waals surface area contributed by atoms with Gasteiger partial charge in [-0.25, -0.2) is 0 Å². The first-order valence-corrected chi connectivity index (χ1v) is 10.3. The number of likely N-dealkylation sites (tertiary alicyclic amines) is 1. The van der Waals surface area contributed by atoms with Crippen LogP contribution in [0.25, 0.3) is 0 Å². The molecule has 2 aliphatic rings. The van der Waals surface area contributed by atoms with Crippen LogP contribution in [0, 0.1) is 25.7 Å². The van der Waals surface area contributed by atoms with Crippen molar-refractivity contribution in [3.05, 3.63) is 29.3 Å². The van der Waals surface area contributed by atoms with E-state index in [-0.39, 0.29) is 6.10 Å². The quantitative estimate of drug-likeness (QED) is 0.873. The SMILES string of the molecule is Cc1ccc(C)c(OC2CCN(C(=O)CC(C)C3CCNCC3)CC2)c1. The molecule has 1 N–H and O–H groups in total. The van der Waals surface area contributed by atoms with Crippen molar-refractivity contribution < 1.29 is 9.53 Å². The Morgan fingerprint density at radius 1 is 1.19 bits per heavy atom. The average Bonchev–Trinajstić information content (AvgIpc) is 2.66. The van der Waals surface area contributed by atoms with Crippen LogP contribution in [0.2, 0.25) is 0 Å². The van der Waals surface area contributed by atoms with E-state index in [1.807, 2.05) is 0 Å². The fraction of sp³-hybridized carbons (Fsp3) is 0.682. The Bertz CT molecular complexity index is 602. The van der Waals surface area contributed by atoms with Crippen molar-refractivity contribution in [3.8, 4) is 5.75 Å². The van der Waals surface area contributed by atoms with Gasteiger partial charge in [0.05, 0.1) is 0 Å². The van der Waals surface area contributed by atoms with E-state index in [1.165, 1.54) is 24.0 Å². The Morgan fingerprint density at radius 2 is 1.88 bits per heavy atom. The monoisotopic (exact) mass is 358 g/mol. The van der Waals surface area contributed by atoms with Gasteiger partial charge in [0.1, 0.15) is 11.9 Å². The predicted octanol–water partition coefficient (Wildman–Crippen LogP) is 3.70. The Hall–Kier alpha value is -1.55. The molecule has 3 rings (SSSR count). The number of carbonyl (C=O) groups excluding carboxylic acids is 1. The fourth-order valence-electron chi connectivity index (χ4n) is 4.22. The standard InChI is InChI=1S/C22H34N2O2/c1-16-4-5-17(2)21(14-16)26-20-8-12-24(13-9-20)22(25)15-18(3)19-6-10-23-11-7-19/h4-5,14,18-20,23H,6-13,15H2,1-3H3. The number of ether oxygens (including phenoxy) is 1. The smallest absolute Gasteiger partial charge is 0.222 e. The molecule has 0 aromatic heterocycles. The highest BCUT2D eigenvalue weighted by Gasteiger charge is 2.27. The van der Waals surface area contributed by atoms with Crippen LogP contribution in [0.5, 0.6) is 5.75 Å². The van der Waals surface area contributed by atoms with Crippen molar-refractivity contribution in [2.45, 2.75) is 59.0 Å². The number of piperidine rings is 2. The van der Waals surface area contributed by atoms with Crippen LogP contribution in [0.15, 0.2) is 18.2 Å². The molecule has 2 heterocycles. The van der Waals surface area contributed by atoms with E-state index in [0.717, 1.165) is 44.8 Å². The summed E-state index contributed by atoms with van der Waals surface area (Å²) < 4.78 is 6.23. The highest BCUT2D eigenvalue weighted by molar-refractivity contribution is 5.76. The first-order valence-electron chi connectivity index (χ1n) is 10.3. The fourth-order valence-corrected chi connectivity index (χ4v) is 4.22. The lowest BCUT2D eigenvalue weighted by molar-refractivity contribution is -0.134. The van der Waals surface area contributed by atoms with E-state index < -0.39 is 0 Å². The molecule has 1 amide bonds. The Morgan fingerprint density at radius 3 is 2.58 bits per heavy atom. The van der Waals surface area contributed by atoms with E-state index in [2.05, 4.69) is 49.2 Å². The third kappa shape index (κ3) is 5.00. The zero-order valence-corrected chi connectivity index (χ0v) is 16.6. The zero-order chi connectivity index (χ0) is 18.5. The van der Waals surface area contributed by atoms with Crippen molar-refractivity contribution in [3.63, 3.8) is 0 Å². The maximum absolute atomic E-state index is 12.7. The Balaban J connectivity index is 1.45. The van der Waals surface area contributed by atoms with Gasteiger partial charge in [0.15, 0.2) is 0 Å². The molecule has 0 spiro atoms. The number of hydrogen-bond acceptors (Lipinski definition) is 3. The molecular weight excluding hydrogens is 324 g/mol. The third-order valence-corrected chi connectivity index (χ3v) is 6.12. The summed E-state index contributed by atoms with van der Waals surface area (Å²) in [5.41, 5.74) is 2.41. The summed E-state index contributed by atoms with van der Waals surface area (Å²) in [5, 5.41) is 3.41. The van der Waals surface area contributed by atoms with Crippen LogP contribution < -0.4 is 10.1 Å². The Kier molecular flexibility index (Phi) is 6.58. The van der Waals surface area contributed by atoms with Crippen LogP contribution >= 0.6 is 0 Å². The molecule has 26 heavy (non-hydrogen) atoms. The van der Waals surface area contributed by atoms with E-state index in [1.54, 1.807) is 0 Å². The summed E-state index contributed by atoms with van der Waals surface area (Å²) in [6.45, 7) is 10.3. The maximum atomic E-state index is 12.7. The van der Waals surface area contributed by atoms with Crippen LogP contribution in [0.1, 0.15) is 50.2 Å². The highest BCUT2D eigenvalue weighted by atomic mass is 16.5. The number of nitrogens with one attached hydrogen (secondary N) is 1. The summed E-state index contributed by atoms with van der Waals surface area (Å²) in [5.74, 6) is 2.52. The number of rotatable bonds is 5. The molecule has 1 aromatic carbocycles. The van der Waals surface area contributed by atoms with Crippen molar-refractivity contribution in [1.29, 1.82) is 0 Å². The van der Waals surface area contributed by atoms with Crippen molar-refractivity contribution in [2.24, 2.45) is 11.8 Å². The lowest BCUT2D eigenvalue weighted by Crippen LogP contribution is -2.43. The van der Waals surface area contributed by atoms with E-state index in [4.69, 9.17) is 4.74 Å². The molecular formula is C22H34N2O2. The Labute approximate surface area is 158 Å². The molecule has 1 unspecified atom stereocenters. The van der Waals surface area contributed by atoms with Crippen molar-refractivity contribution in [2.75, 3.05) is 26.2 Å². The van der Waals surface area contributed by atoms with Gasteiger partial charge >= 0.3 is 0 Å². The van der Waals surface area contributed by atoms with Gasteiger partial charge in [0, 0.05) is 32.4 Å². The summed E-state index contributed by atoms with van der Waals surface area (Å²) in [4.78, 5) is 14.7. The molecule has 1 atom stereocenters. The van der Waals surface area contributed by atoms with Crippen LogP contribution in [0.3, 0.4) is 0 Å². The second-order valence-corrected chi connectivity index (χ2v) is 8.24. The molecule has 144 valence electrons. The summed E-state index contributed by atoms with van der Waals surface area (Å²) >= 11 is 0.